The van der Waals surface area contributed by atoms with Crippen LogP contribution >= 0.6 is 23.4 Å². The fourth-order valence-electron chi connectivity index (χ4n) is 2.45. The number of carbonyl (C=O) groups is 1. The fraction of sp³-hybridized carbons (Fsp3) is 0.118. The number of nitrogens with zero attached hydrogens (tertiary/aromatic N) is 3. The van der Waals surface area contributed by atoms with Crippen molar-refractivity contribution >= 4 is 40.6 Å². The lowest BCUT2D eigenvalue weighted by atomic mass is 10.2. The Morgan fingerprint density at radius 2 is 2.03 bits per heavy atom. The first-order chi connectivity index (χ1) is 14.0. The summed E-state index contributed by atoms with van der Waals surface area (Å²) in [6.07, 6.45) is 0. The number of amides is 1. The summed E-state index contributed by atoms with van der Waals surface area (Å²) < 4.78 is 16.1. The Morgan fingerprint density at radius 1 is 1.21 bits per heavy atom. The highest BCUT2D eigenvalue weighted by atomic mass is 35.5. The molecule has 0 radical (unpaired) electrons. The molecule has 2 heterocycles. The zero-order valence-electron chi connectivity index (χ0n) is 14.5. The Hall–Kier alpha value is -3.31. The van der Waals surface area contributed by atoms with E-state index < -0.39 is 4.92 Å². The Balaban J connectivity index is 1.36. The van der Waals surface area contributed by atoms with Gasteiger partial charge in [-0.1, -0.05) is 23.4 Å². The van der Waals surface area contributed by atoms with Crippen LogP contribution in [0.15, 0.2) is 46.0 Å². The maximum Gasteiger partial charge on any atom is 0.277 e. The summed E-state index contributed by atoms with van der Waals surface area (Å²) in [4.78, 5) is 22.3. The van der Waals surface area contributed by atoms with Gasteiger partial charge in [0.05, 0.1) is 21.4 Å². The van der Waals surface area contributed by atoms with Gasteiger partial charge in [-0.3, -0.25) is 14.9 Å². The molecule has 0 spiro atoms. The van der Waals surface area contributed by atoms with E-state index >= 15 is 0 Å². The van der Waals surface area contributed by atoms with Gasteiger partial charge in [0.1, 0.15) is 0 Å². The van der Waals surface area contributed by atoms with E-state index in [9.17, 15) is 14.9 Å². The van der Waals surface area contributed by atoms with Crippen LogP contribution in [0.25, 0.3) is 11.5 Å². The van der Waals surface area contributed by atoms with Crippen molar-refractivity contribution in [3.8, 4) is 23.0 Å². The highest BCUT2D eigenvalue weighted by Gasteiger charge is 2.18. The Kier molecular flexibility index (Phi) is 5.23. The molecule has 10 nitrogen and oxygen atoms in total. The van der Waals surface area contributed by atoms with E-state index in [1.54, 1.807) is 18.2 Å². The molecule has 3 aromatic rings. The number of nitrogens with one attached hydrogen (secondary N) is 1. The van der Waals surface area contributed by atoms with E-state index in [0.717, 1.165) is 11.8 Å². The van der Waals surface area contributed by atoms with Crippen molar-refractivity contribution in [1.29, 1.82) is 0 Å². The van der Waals surface area contributed by atoms with Crippen LogP contribution in [0, 0.1) is 10.1 Å². The number of hydrogen-bond acceptors (Lipinski definition) is 9. The quantitative estimate of drug-likeness (QED) is 0.350. The SMILES string of the molecule is O=C(CSc1nnc(-c2ccc3c(c2)OCO3)o1)Nc1ccc([N+](=O)[O-])cc1Cl. The van der Waals surface area contributed by atoms with Crippen molar-refractivity contribution < 1.29 is 23.6 Å². The molecule has 2 aromatic carbocycles. The number of rotatable bonds is 6. The third-order valence-corrected chi connectivity index (χ3v) is 4.92. The number of fused-ring (bicyclic) bond motifs is 1. The fourth-order valence-corrected chi connectivity index (χ4v) is 3.23. The first-order valence-electron chi connectivity index (χ1n) is 8.10. The molecule has 4 rings (SSSR count). The molecular formula is C17H11ClN4O6S. The van der Waals surface area contributed by atoms with Gasteiger partial charge >= 0.3 is 0 Å². The average Bonchev–Trinajstić information content (AvgIpc) is 3.36. The van der Waals surface area contributed by atoms with Crippen molar-refractivity contribution in [2.24, 2.45) is 0 Å². The highest BCUT2D eigenvalue weighted by molar-refractivity contribution is 7.99. The third-order valence-electron chi connectivity index (χ3n) is 3.79. The molecule has 0 atom stereocenters. The molecule has 0 unspecified atom stereocenters. The molecule has 0 bridgehead atoms. The molecule has 0 saturated carbocycles. The zero-order chi connectivity index (χ0) is 20.4. The summed E-state index contributed by atoms with van der Waals surface area (Å²) in [6, 6.07) is 9.03. The lowest BCUT2D eigenvalue weighted by Gasteiger charge is -2.06. The Bertz CT molecular complexity index is 1110. The van der Waals surface area contributed by atoms with E-state index in [0.29, 0.717) is 17.1 Å². The van der Waals surface area contributed by atoms with Crippen LogP contribution in [0.2, 0.25) is 5.02 Å². The van der Waals surface area contributed by atoms with Crippen LogP contribution in [0.5, 0.6) is 11.5 Å². The van der Waals surface area contributed by atoms with E-state index in [1.807, 2.05) is 0 Å². The number of carbonyl (C=O) groups excluding carboxylic acids is 1. The molecule has 0 fully saturated rings. The van der Waals surface area contributed by atoms with Crippen LogP contribution in [-0.2, 0) is 4.79 Å². The standard InChI is InChI=1S/C17H11ClN4O6S/c18-11-6-10(22(24)25)2-3-12(11)19-15(23)7-29-17-21-20-16(28-17)9-1-4-13-14(5-9)27-8-26-13/h1-6H,7-8H2,(H,19,23). The topological polar surface area (TPSA) is 130 Å². The number of non-ortho nitro benzene ring substituents is 1. The second-order valence-electron chi connectivity index (χ2n) is 5.70. The first-order valence-corrected chi connectivity index (χ1v) is 9.46. The number of benzene rings is 2. The predicted molar refractivity (Wildman–Crippen MR) is 103 cm³/mol. The summed E-state index contributed by atoms with van der Waals surface area (Å²) in [5, 5.41) is 21.5. The molecule has 12 heteroatoms. The number of thioether (sulfide) groups is 1. The summed E-state index contributed by atoms with van der Waals surface area (Å²) in [6.45, 7) is 0.164. The molecule has 1 amide bonds. The van der Waals surface area contributed by atoms with E-state index in [2.05, 4.69) is 15.5 Å². The van der Waals surface area contributed by atoms with Crippen molar-refractivity contribution in [2.45, 2.75) is 5.22 Å². The monoisotopic (exact) mass is 434 g/mol. The van der Waals surface area contributed by atoms with Gasteiger partial charge in [-0.15, -0.1) is 10.2 Å². The summed E-state index contributed by atoms with van der Waals surface area (Å²) in [5.41, 5.74) is 0.773. The van der Waals surface area contributed by atoms with Crippen molar-refractivity contribution in [2.75, 3.05) is 17.9 Å². The number of hydrogen-bond donors (Lipinski definition) is 1. The number of halogens is 1. The third kappa shape index (κ3) is 4.25. The number of anilines is 1. The number of nitro groups is 1. The smallest absolute Gasteiger partial charge is 0.277 e. The van der Waals surface area contributed by atoms with Gasteiger partial charge in [-0.25, -0.2) is 0 Å². The Morgan fingerprint density at radius 3 is 2.83 bits per heavy atom. The largest absolute Gasteiger partial charge is 0.454 e. The van der Waals surface area contributed by atoms with Crippen molar-refractivity contribution in [1.82, 2.24) is 10.2 Å². The second kappa shape index (κ2) is 7.97. The normalized spacial score (nSPS) is 12.0. The van der Waals surface area contributed by atoms with Crippen LogP contribution in [-0.4, -0.2) is 33.6 Å². The van der Waals surface area contributed by atoms with Crippen LogP contribution in [0.4, 0.5) is 11.4 Å². The summed E-state index contributed by atoms with van der Waals surface area (Å²) >= 11 is 7.00. The zero-order valence-corrected chi connectivity index (χ0v) is 16.0. The van der Waals surface area contributed by atoms with Gasteiger partial charge in [-0.2, -0.15) is 0 Å². The van der Waals surface area contributed by atoms with Gasteiger partial charge < -0.3 is 19.2 Å². The van der Waals surface area contributed by atoms with Gasteiger partial charge in [0.25, 0.3) is 10.9 Å². The predicted octanol–water partition coefficient (Wildman–Crippen LogP) is 3.76. The van der Waals surface area contributed by atoms with Crippen LogP contribution in [0.3, 0.4) is 0 Å². The minimum atomic E-state index is -0.569. The van der Waals surface area contributed by atoms with Gasteiger partial charge in [0.2, 0.25) is 18.6 Å². The van der Waals surface area contributed by atoms with Crippen molar-refractivity contribution in [3.63, 3.8) is 0 Å². The highest BCUT2D eigenvalue weighted by Crippen LogP contribution is 2.36. The van der Waals surface area contributed by atoms with Crippen LogP contribution < -0.4 is 14.8 Å². The first kappa shape index (κ1) is 19.0. The molecule has 148 valence electrons. The average molecular weight is 435 g/mol. The van der Waals surface area contributed by atoms with E-state index in [1.165, 1.54) is 18.2 Å². The lowest BCUT2D eigenvalue weighted by Crippen LogP contribution is -2.14. The molecule has 0 saturated heterocycles. The maximum atomic E-state index is 12.1. The molecular weight excluding hydrogens is 424 g/mol. The van der Waals surface area contributed by atoms with E-state index in [-0.39, 0.29) is 46.0 Å². The molecule has 0 aliphatic carbocycles. The second-order valence-corrected chi connectivity index (χ2v) is 7.03. The van der Waals surface area contributed by atoms with E-state index in [4.69, 9.17) is 25.5 Å². The number of nitro benzene ring substituents is 1. The molecule has 1 aliphatic rings. The maximum absolute atomic E-state index is 12.1. The molecule has 1 N–H and O–H groups in total. The summed E-state index contributed by atoms with van der Waals surface area (Å²) in [7, 11) is 0. The molecule has 1 aromatic heterocycles. The van der Waals surface area contributed by atoms with Crippen LogP contribution in [0.1, 0.15) is 0 Å². The summed E-state index contributed by atoms with van der Waals surface area (Å²) in [5.74, 6) is 1.12. The van der Waals surface area contributed by atoms with Gasteiger partial charge in [0.15, 0.2) is 11.5 Å². The number of aromatic nitrogens is 2. The minimum Gasteiger partial charge on any atom is -0.454 e. The molecule has 29 heavy (non-hydrogen) atoms. The van der Waals surface area contributed by atoms with Gasteiger partial charge in [-0.05, 0) is 24.3 Å². The Labute approximate surface area is 172 Å². The molecule has 1 aliphatic heterocycles. The van der Waals surface area contributed by atoms with Gasteiger partial charge in [0, 0.05) is 17.7 Å². The lowest BCUT2D eigenvalue weighted by molar-refractivity contribution is -0.384. The van der Waals surface area contributed by atoms with Crippen molar-refractivity contribution in [3.05, 3.63) is 51.5 Å². The number of ether oxygens (including phenoxy) is 2. The minimum absolute atomic E-state index is 0.0178.